The van der Waals surface area contributed by atoms with Crippen LogP contribution >= 0.6 is 0 Å². The van der Waals surface area contributed by atoms with Crippen molar-refractivity contribution < 1.29 is 4.43 Å². The summed E-state index contributed by atoms with van der Waals surface area (Å²) in [5.74, 6) is 2.85. The number of unbranched alkanes of at least 4 members (excludes halogenated alkanes) is 1. The first kappa shape index (κ1) is 15.7. The SMILES string of the molecule is C#C[C@](C)(CCCC)O[Si](C)(C)C(C)(C)C. The second-order valence-electron chi connectivity index (χ2n) is 6.34. The molecular weight excluding hydrogens is 212 g/mol. The monoisotopic (exact) mass is 240 g/mol. The van der Waals surface area contributed by atoms with Crippen LogP contribution in [0.25, 0.3) is 0 Å². The Bertz CT molecular complexity index is 257. The summed E-state index contributed by atoms with van der Waals surface area (Å²) in [7, 11) is -1.75. The van der Waals surface area contributed by atoms with Gasteiger partial charge in [0, 0.05) is 0 Å². The van der Waals surface area contributed by atoms with Crippen LogP contribution in [0.2, 0.25) is 18.1 Å². The maximum Gasteiger partial charge on any atom is 0.194 e. The van der Waals surface area contributed by atoms with Gasteiger partial charge < -0.3 is 4.43 Å². The molecule has 0 aliphatic heterocycles. The van der Waals surface area contributed by atoms with Gasteiger partial charge in [-0.05, 0) is 37.9 Å². The molecule has 0 unspecified atom stereocenters. The molecule has 0 aromatic heterocycles. The van der Waals surface area contributed by atoms with Gasteiger partial charge in [0.2, 0.25) is 0 Å². The van der Waals surface area contributed by atoms with Crippen molar-refractivity contribution in [3.63, 3.8) is 0 Å². The van der Waals surface area contributed by atoms with Gasteiger partial charge in [0.15, 0.2) is 8.32 Å². The molecular formula is C14H28OSi. The Balaban J connectivity index is 4.73. The zero-order valence-electron chi connectivity index (χ0n) is 12.1. The molecule has 0 heterocycles. The minimum atomic E-state index is -1.75. The Morgan fingerprint density at radius 2 is 1.69 bits per heavy atom. The molecule has 0 aliphatic rings. The third-order valence-electron chi connectivity index (χ3n) is 3.60. The van der Waals surface area contributed by atoms with Gasteiger partial charge in [-0.1, -0.05) is 40.0 Å². The Kier molecular flexibility index (Phi) is 5.29. The molecule has 0 radical (unpaired) electrons. The number of hydrogen-bond acceptors (Lipinski definition) is 1. The van der Waals surface area contributed by atoms with E-state index in [1.165, 1.54) is 0 Å². The summed E-state index contributed by atoms with van der Waals surface area (Å²) in [6.45, 7) is 15.5. The summed E-state index contributed by atoms with van der Waals surface area (Å²) in [6, 6.07) is 0. The fourth-order valence-electron chi connectivity index (χ4n) is 1.38. The molecule has 0 saturated carbocycles. The van der Waals surface area contributed by atoms with Crippen molar-refractivity contribution >= 4 is 8.32 Å². The van der Waals surface area contributed by atoms with Crippen molar-refractivity contribution in [2.24, 2.45) is 0 Å². The van der Waals surface area contributed by atoms with Crippen LogP contribution in [0.3, 0.4) is 0 Å². The molecule has 0 bridgehead atoms. The van der Waals surface area contributed by atoms with E-state index < -0.39 is 8.32 Å². The highest BCUT2D eigenvalue weighted by Crippen LogP contribution is 2.39. The lowest BCUT2D eigenvalue weighted by Crippen LogP contribution is -2.48. The van der Waals surface area contributed by atoms with Gasteiger partial charge in [0.25, 0.3) is 0 Å². The molecule has 1 nitrogen and oxygen atoms in total. The number of terminal acetylenes is 1. The van der Waals surface area contributed by atoms with E-state index in [0.717, 1.165) is 19.3 Å². The summed E-state index contributed by atoms with van der Waals surface area (Å²) in [5.41, 5.74) is -0.376. The van der Waals surface area contributed by atoms with E-state index in [1.807, 2.05) is 0 Å². The Morgan fingerprint density at radius 1 is 1.19 bits per heavy atom. The van der Waals surface area contributed by atoms with E-state index >= 15 is 0 Å². The molecule has 2 heteroatoms. The molecule has 0 aliphatic carbocycles. The molecule has 0 saturated heterocycles. The first-order chi connectivity index (χ1) is 7.08. The predicted molar refractivity (Wildman–Crippen MR) is 75.0 cm³/mol. The van der Waals surface area contributed by atoms with Gasteiger partial charge in [-0.25, -0.2) is 0 Å². The van der Waals surface area contributed by atoms with Crippen molar-refractivity contribution in [2.45, 2.75) is 77.6 Å². The maximum atomic E-state index is 6.34. The number of rotatable bonds is 5. The van der Waals surface area contributed by atoms with Crippen LogP contribution in [0.4, 0.5) is 0 Å². The summed E-state index contributed by atoms with van der Waals surface area (Å²) in [5, 5.41) is 0.220. The molecule has 0 spiro atoms. The van der Waals surface area contributed by atoms with Crippen LogP contribution in [-0.4, -0.2) is 13.9 Å². The van der Waals surface area contributed by atoms with Crippen molar-refractivity contribution in [3.8, 4) is 12.3 Å². The highest BCUT2D eigenvalue weighted by atomic mass is 28.4. The van der Waals surface area contributed by atoms with Crippen LogP contribution in [0, 0.1) is 12.3 Å². The zero-order valence-corrected chi connectivity index (χ0v) is 13.1. The minimum absolute atomic E-state index is 0.220. The smallest absolute Gasteiger partial charge is 0.194 e. The predicted octanol–water partition coefficient (Wildman–Crippen LogP) is 4.59. The first-order valence-corrected chi connectivity index (χ1v) is 9.17. The van der Waals surface area contributed by atoms with Crippen molar-refractivity contribution in [1.29, 1.82) is 0 Å². The Hall–Kier alpha value is -0.263. The van der Waals surface area contributed by atoms with E-state index in [2.05, 4.69) is 53.6 Å². The van der Waals surface area contributed by atoms with Crippen molar-refractivity contribution in [3.05, 3.63) is 0 Å². The molecule has 0 aromatic rings. The average Bonchev–Trinajstić information content (AvgIpc) is 2.12. The van der Waals surface area contributed by atoms with Crippen LogP contribution in [-0.2, 0) is 4.43 Å². The molecule has 0 fully saturated rings. The Labute approximate surface area is 103 Å². The van der Waals surface area contributed by atoms with Gasteiger partial charge >= 0.3 is 0 Å². The van der Waals surface area contributed by atoms with E-state index in [-0.39, 0.29) is 10.6 Å². The first-order valence-electron chi connectivity index (χ1n) is 6.26. The fraction of sp³-hybridized carbons (Fsp3) is 0.857. The third-order valence-corrected chi connectivity index (χ3v) is 8.17. The topological polar surface area (TPSA) is 9.23 Å². The summed E-state index contributed by atoms with van der Waals surface area (Å²) in [6.07, 6.45) is 8.91. The van der Waals surface area contributed by atoms with Gasteiger partial charge in [0.1, 0.15) is 5.60 Å². The largest absolute Gasteiger partial charge is 0.401 e. The average molecular weight is 240 g/mol. The second-order valence-corrected chi connectivity index (χ2v) is 11.1. The molecule has 0 amide bonds. The highest BCUT2D eigenvalue weighted by molar-refractivity contribution is 6.74. The van der Waals surface area contributed by atoms with Crippen LogP contribution in [0.15, 0.2) is 0 Å². The summed E-state index contributed by atoms with van der Waals surface area (Å²) < 4.78 is 6.34. The highest BCUT2D eigenvalue weighted by Gasteiger charge is 2.42. The lowest BCUT2D eigenvalue weighted by Gasteiger charge is -2.42. The van der Waals surface area contributed by atoms with E-state index in [9.17, 15) is 0 Å². The van der Waals surface area contributed by atoms with Crippen LogP contribution in [0.5, 0.6) is 0 Å². The molecule has 94 valence electrons. The number of hydrogen-bond donors (Lipinski definition) is 0. The third kappa shape index (κ3) is 4.31. The molecule has 0 rings (SSSR count). The van der Waals surface area contributed by atoms with Gasteiger partial charge in [-0.2, -0.15) is 0 Å². The van der Waals surface area contributed by atoms with Crippen LogP contribution in [0.1, 0.15) is 53.9 Å². The van der Waals surface area contributed by atoms with Crippen molar-refractivity contribution in [1.82, 2.24) is 0 Å². The van der Waals surface area contributed by atoms with Crippen LogP contribution < -0.4 is 0 Å². The zero-order chi connectivity index (χ0) is 13.0. The van der Waals surface area contributed by atoms with E-state index in [4.69, 9.17) is 10.8 Å². The van der Waals surface area contributed by atoms with E-state index in [1.54, 1.807) is 0 Å². The molecule has 0 N–H and O–H groups in total. The van der Waals surface area contributed by atoms with Gasteiger partial charge in [-0.3, -0.25) is 0 Å². The maximum absolute atomic E-state index is 6.34. The van der Waals surface area contributed by atoms with E-state index in [0.29, 0.717) is 0 Å². The molecule has 0 aromatic carbocycles. The fourth-order valence-corrected chi connectivity index (χ4v) is 2.98. The van der Waals surface area contributed by atoms with Gasteiger partial charge in [0.05, 0.1) is 0 Å². The Morgan fingerprint density at radius 3 is 2.00 bits per heavy atom. The molecule has 1 atom stereocenters. The standard InChI is InChI=1S/C14H28OSi/c1-9-11-12-14(6,10-2)15-16(7,8)13(3,4)5/h2H,9,11-12H2,1,3-8H3/t14-/m1/s1. The normalized spacial score (nSPS) is 16.6. The van der Waals surface area contributed by atoms with Gasteiger partial charge in [-0.15, -0.1) is 6.42 Å². The minimum Gasteiger partial charge on any atom is -0.401 e. The summed E-state index contributed by atoms with van der Waals surface area (Å²) in [4.78, 5) is 0. The lowest BCUT2D eigenvalue weighted by atomic mass is 10.0. The summed E-state index contributed by atoms with van der Waals surface area (Å²) >= 11 is 0. The second kappa shape index (κ2) is 5.38. The quantitative estimate of drug-likeness (QED) is 0.504. The van der Waals surface area contributed by atoms with Crippen molar-refractivity contribution in [2.75, 3.05) is 0 Å². The molecule has 16 heavy (non-hydrogen) atoms. The lowest BCUT2D eigenvalue weighted by molar-refractivity contribution is 0.119.